The molecule has 1 saturated heterocycles. The summed E-state index contributed by atoms with van der Waals surface area (Å²) in [5.74, 6) is 1.81. The van der Waals surface area contributed by atoms with Crippen molar-refractivity contribution in [2.45, 2.75) is 70.0 Å². The largest absolute Gasteiger partial charge is 0.370 e. The van der Waals surface area contributed by atoms with Gasteiger partial charge < -0.3 is 18.8 Å². The molecule has 1 saturated carbocycles. The predicted molar refractivity (Wildman–Crippen MR) is 74.6 cm³/mol. The molecule has 0 unspecified atom stereocenters. The first-order chi connectivity index (χ1) is 10.3. The fraction of sp³-hybridized carbons (Fsp3) is 0.867. The number of aryl methyl sites for hydroxylation is 1. The van der Waals surface area contributed by atoms with Gasteiger partial charge >= 0.3 is 0 Å². The maximum Gasteiger partial charge on any atom is 0.168 e. The summed E-state index contributed by atoms with van der Waals surface area (Å²) in [5.41, 5.74) is 0. The van der Waals surface area contributed by atoms with E-state index in [1.807, 2.05) is 0 Å². The number of nitrogens with zero attached hydrogens (tertiary/aromatic N) is 3. The molecule has 4 rings (SSSR count). The van der Waals surface area contributed by atoms with Crippen LogP contribution in [0.2, 0.25) is 0 Å². The molecule has 116 valence electrons. The van der Waals surface area contributed by atoms with Crippen LogP contribution in [0.25, 0.3) is 0 Å². The molecule has 0 N–H and O–H groups in total. The van der Waals surface area contributed by atoms with E-state index in [-0.39, 0.29) is 5.79 Å². The Bertz CT molecular complexity index is 486. The molecule has 1 aliphatic carbocycles. The fourth-order valence-corrected chi connectivity index (χ4v) is 3.65. The molecule has 1 spiro atoms. The van der Waals surface area contributed by atoms with Gasteiger partial charge in [-0.3, -0.25) is 0 Å². The zero-order chi connectivity index (χ0) is 14.1. The van der Waals surface area contributed by atoms with Gasteiger partial charge in [-0.25, -0.2) is 0 Å². The molecule has 1 aromatic heterocycles. The smallest absolute Gasteiger partial charge is 0.168 e. The van der Waals surface area contributed by atoms with Gasteiger partial charge in [-0.1, -0.05) is 0 Å². The molecule has 6 heteroatoms. The van der Waals surface area contributed by atoms with Gasteiger partial charge in [-0.15, -0.1) is 10.2 Å². The zero-order valence-electron chi connectivity index (χ0n) is 12.4. The second kappa shape index (κ2) is 5.66. The Morgan fingerprint density at radius 2 is 1.95 bits per heavy atom. The Morgan fingerprint density at radius 1 is 1.14 bits per heavy atom. The lowest BCUT2D eigenvalue weighted by molar-refractivity contribution is -0.192. The first-order valence-electron chi connectivity index (χ1n) is 8.15. The molecule has 3 heterocycles. The SMILES string of the molecule is C1CCn2c(nnc2COC2CCC3(CC2)OCCO3)C1. The Balaban J connectivity index is 1.31. The van der Waals surface area contributed by atoms with Gasteiger partial charge in [0, 0.05) is 25.8 Å². The quantitative estimate of drug-likeness (QED) is 0.851. The monoisotopic (exact) mass is 293 g/mol. The molecule has 3 aliphatic rings. The number of aromatic nitrogens is 3. The lowest BCUT2D eigenvalue weighted by atomic mass is 9.92. The molecule has 2 aliphatic heterocycles. The standard InChI is InChI=1S/C15H23N3O3/c1-2-8-18-13(3-1)16-17-14(18)11-19-12-4-6-15(7-5-12)20-9-10-21-15/h12H,1-11H2. The number of rotatable bonds is 3. The summed E-state index contributed by atoms with van der Waals surface area (Å²) in [4.78, 5) is 0. The number of hydrogen-bond acceptors (Lipinski definition) is 5. The Hall–Kier alpha value is -0.980. The van der Waals surface area contributed by atoms with Gasteiger partial charge in [-0.2, -0.15) is 0 Å². The van der Waals surface area contributed by atoms with Crippen LogP contribution in [0.4, 0.5) is 0 Å². The van der Waals surface area contributed by atoms with E-state index in [4.69, 9.17) is 14.2 Å². The van der Waals surface area contributed by atoms with Gasteiger partial charge in [-0.05, 0) is 25.7 Å². The second-order valence-electron chi connectivity index (χ2n) is 6.26. The zero-order valence-corrected chi connectivity index (χ0v) is 12.4. The molecule has 21 heavy (non-hydrogen) atoms. The molecule has 0 amide bonds. The highest BCUT2D eigenvalue weighted by molar-refractivity contribution is 4.98. The average molecular weight is 293 g/mol. The summed E-state index contributed by atoms with van der Waals surface area (Å²) >= 11 is 0. The molecule has 0 bridgehead atoms. The van der Waals surface area contributed by atoms with Crippen LogP contribution in [0.5, 0.6) is 0 Å². The van der Waals surface area contributed by atoms with E-state index in [0.717, 1.165) is 63.5 Å². The Morgan fingerprint density at radius 3 is 2.76 bits per heavy atom. The van der Waals surface area contributed by atoms with E-state index in [1.165, 1.54) is 12.8 Å². The Labute approximate surface area is 124 Å². The number of hydrogen-bond donors (Lipinski definition) is 0. The van der Waals surface area contributed by atoms with Gasteiger partial charge in [0.05, 0.1) is 19.3 Å². The fourth-order valence-electron chi connectivity index (χ4n) is 3.65. The molecule has 0 aromatic carbocycles. The minimum atomic E-state index is -0.298. The van der Waals surface area contributed by atoms with E-state index in [0.29, 0.717) is 12.7 Å². The minimum Gasteiger partial charge on any atom is -0.370 e. The third-order valence-electron chi connectivity index (χ3n) is 4.89. The maximum atomic E-state index is 6.06. The third kappa shape index (κ3) is 2.72. The normalized spacial score (nSPS) is 25.3. The summed E-state index contributed by atoms with van der Waals surface area (Å²) in [6, 6.07) is 0. The van der Waals surface area contributed by atoms with Gasteiger partial charge in [0.1, 0.15) is 12.4 Å². The minimum absolute atomic E-state index is 0.292. The molecular weight excluding hydrogens is 270 g/mol. The van der Waals surface area contributed by atoms with Crippen molar-refractivity contribution < 1.29 is 14.2 Å². The van der Waals surface area contributed by atoms with E-state index in [2.05, 4.69) is 14.8 Å². The van der Waals surface area contributed by atoms with Gasteiger partial charge in [0.2, 0.25) is 0 Å². The van der Waals surface area contributed by atoms with Crippen molar-refractivity contribution in [2.24, 2.45) is 0 Å². The van der Waals surface area contributed by atoms with Crippen LogP contribution in [-0.4, -0.2) is 39.9 Å². The highest BCUT2D eigenvalue weighted by Crippen LogP contribution is 2.36. The third-order valence-corrected chi connectivity index (χ3v) is 4.89. The van der Waals surface area contributed by atoms with E-state index >= 15 is 0 Å². The summed E-state index contributed by atoms with van der Waals surface area (Å²) in [5, 5.41) is 8.56. The van der Waals surface area contributed by atoms with Crippen LogP contribution in [-0.2, 0) is 33.8 Å². The highest BCUT2D eigenvalue weighted by atomic mass is 16.7. The van der Waals surface area contributed by atoms with Crippen molar-refractivity contribution in [1.29, 1.82) is 0 Å². The lowest BCUT2D eigenvalue weighted by Gasteiger charge is -2.35. The number of ether oxygens (including phenoxy) is 3. The van der Waals surface area contributed by atoms with Crippen molar-refractivity contribution in [1.82, 2.24) is 14.8 Å². The highest BCUT2D eigenvalue weighted by Gasteiger charge is 2.40. The first kappa shape index (κ1) is 13.7. The van der Waals surface area contributed by atoms with E-state index in [1.54, 1.807) is 0 Å². The summed E-state index contributed by atoms with van der Waals surface area (Å²) < 4.78 is 19.8. The van der Waals surface area contributed by atoms with Gasteiger partial charge in [0.15, 0.2) is 11.6 Å². The van der Waals surface area contributed by atoms with Gasteiger partial charge in [0.25, 0.3) is 0 Å². The van der Waals surface area contributed by atoms with Crippen LogP contribution in [0.3, 0.4) is 0 Å². The Kier molecular flexibility index (Phi) is 3.69. The van der Waals surface area contributed by atoms with Crippen LogP contribution >= 0.6 is 0 Å². The van der Waals surface area contributed by atoms with Crippen LogP contribution in [0.15, 0.2) is 0 Å². The maximum absolute atomic E-state index is 6.06. The summed E-state index contributed by atoms with van der Waals surface area (Å²) in [7, 11) is 0. The molecular formula is C15H23N3O3. The molecule has 0 radical (unpaired) electrons. The second-order valence-corrected chi connectivity index (χ2v) is 6.26. The van der Waals surface area contributed by atoms with Crippen molar-refractivity contribution in [3.8, 4) is 0 Å². The van der Waals surface area contributed by atoms with Crippen molar-refractivity contribution in [2.75, 3.05) is 13.2 Å². The summed E-state index contributed by atoms with van der Waals surface area (Å²) in [6.07, 6.45) is 7.67. The lowest BCUT2D eigenvalue weighted by Crippen LogP contribution is -2.37. The predicted octanol–water partition coefficient (Wildman–Crippen LogP) is 1.82. The van der Waals surface area contributed by atoms with E-state index < -0.39 is 0 Å². The van der Waals surface area contributed by atoms with Crippen molar-refractivity contribution >= 4 is 0 Å². The summed E-state index contributed by atoms with van der Waals surface area (Å²) in [6.45, 7) is 3.08. The number of fused-ring (bicyclic) bond motifs is 1. The van der Waals surface area contributed by atoms with E-state index in [9.17, 15) is 0 Å². The molecule has 0 atom stereocenters. The average Bonchev–Trinajstić information content (AvgIpc) is 3.15. The van der Waals surface area contributed by atoms with Crippen LogP contribution in [0, 0.1) is 0 Å². The molecule has 1 aromatic rings. The molecule has 6 nitrogen and oxygen atoms in total. The first-order valence-corrected chi connectivity index (χ1v) is 8.15. The van der Waals surface area contributed by atoms with Crippen molar-refractivity contribution in [3.05, 3.63) is 11.6 Å². The van der Waals surface area contributed by atoms with Crippen LogP contribution in [0.1, 0.15) is 50.2 Å². The van der Waals surface area contributed by atoms with Crippen LogP contribution < -0.4 is 0 Å². The van der Waals surface area contributed by atoms with Crippen molar-refractivity contribution in [3.63, 3.8) is 0 Å². The molecule has 2 fully saturated rings. The topological polar surface area (TPSA) is 58.4 Å².